The van der Waals surface area contributed by atoms with E-state index < -0.39 is 0 Å². The van der Waals surface area contributed by atoms with Gasteiger partial charge in [0.2, 0.25) is 9.47 Å². The molecular formula is C12H16ClN3OS. The van der Waals surface area contributed by atoms with Crippen LogP contribution in [0.15, 0.2) is 0 Å². The number of amides is 1. The molecule has 98 valence electrons. The van der Waals surface area contributed by atoms with Crippen molar-refractivity contribution < 1.29 is 4.79 Å². The Hall–Kier alpha value is -0.680. The van der Waals surface area contributed by atoms with E-state index in [2.05, 4.69) is 10.2 Å². The SMILES string of the molecule is O=C(c1nnc(Cl)s1)N1CCC2CCCCC2C1. The quantitative estimate of drug-likeness (QED) is 0.797. The van der Waals surface area contributed by atoms with Crippen LogP contribution in [0, 0.1) is 11.8 Å². The van der Waals surface area contributed by atoms with E-state index in [0.717, 1.165) is 25.4 Å². The fraction of sp³-hybridized carbons (Fsp3) is 0.750. The van der Waals surface area contributed by atoms with Gasteiger partial charge in [0.05, 0.1) is 0 Å². The summed E-state index contributed by atoms with van der Waals surface area (Å²) in [6.07, 6.45) is 6.43. The van der Waals surface area contributed by atoms with Crippen LogP contribution in [0.5, 0.6) is 0 Å². The molecule has 2 heterocycles. The van der Waals surface area contributed by atoms with E-state index in [9.17, 15) is 4.79 Å². The third-order valence-electron chi connectivity index (χ3n) is 4.16. The van der Waals surface area contributed by atoms with Gasteiger partial charge in [-0.3, -0.25) is 4.79 Å². The van der Waals surface area contributed by atoms with Crippen molar-refractivity contribution in [3.05, 3.63) is 9.47 Å². The topological polar surface area (TPSA) is 46.1 Å². The molecule has 4 nitrogen and oxygen atoms in total. The molecule has 18 heavy (non-hydrogen) atoms. The third-order valence-corrected chi connectivity index (χ3v) is 5.17. The van der Waals surface area contributed by atoms with Gasteiger partial charge in [-0.05, 0) is 36.3 Å². The number of aromatic nitrogens is 2. The lowest BCUT2D eigenvalue weighted by atomic mass is 9.75. The van der Waals surface area contributed by atoms with Gasteiger partial charge in [-0.2, -0.15) is 0 Å². The van der Waals surface area contributed by atoms with Crippen molar-refractivity contribution in [3.8, 4) is 0 Å². The summed E-state index contributed by atoms with van der Waals surface area (Å²) >= 11 is 6.90. The lowest BCUT2D eigenvalue weighted by Crippen LogP contribution is -2.44. The normalized spacial score (nSPS) is 27.9. The molecule has 0 spiro atoms. The van der Waals surface area contributed by atoms with Crippen molar-refractivity contribution in [1.29, 1.82) is 0 Å². The van der Waals surface area contributed by atoms with Crippen molar-refractivity contribution in [3.63, 3.8) is 0 Å². The molecule has 2 unspecified atom stereocenters. The Morgan fingerprint density at radius 3 is 2.72 bits per heavy atom. The molecule has 0 radical (unpaired) electrons. The predicted octanol–water partition coefficient (Wildman–Crippen LogP) is 2.84. The molecule has 0 aromatic carbocycles. The molecular weight excluding hydrogens is 270 g/mol. The van der Waals surface area contributed by atoms with Gasteiger partial charge in [-0.25, -0.2) is 0 Å². The van der Waals surface area contributed by atoms with Crippen LogP contribution >= 0.6 is 22.9 Å². The van der Waals surface area contributed by atoms with Gasteiger partial charge < -0.3 is 4.90 Å². The second kappa shape index (κ2) is 5.13. The Kier molecular flexibility index (Phi) is 3.52. The monoisotopic (exact) mass is 285 g/mol. The average Bonchev–Trinajstić information content (AvgIpc) is 2.84. The molecule has 2 aliphatic rings. The summed E-state index contributed by atoms with van der Waals surface area (Å²) in [5.41, 5.74) is 0. The van der Waals surface area contributed by atoms with Gasteiger partial charge in [-0.1, -0.05) is 30.6 Å². The van der Waals surface area contributed by atoms with E-state index in [1.54, 1.807) is 0 Å². The number of carbonyl (C=O) groups is 1. The van der Waals surface area contributed by atoms with Gasteiger partial charge in [0.25, 0.3) is 5.91 Å². The maximum Gasteiger partial charge on any atom is 0.284 e. The molecule has 1 aliphatic carbocycles. The number of nitrogens with zero attached hydrogens (tertiary/aromatic N) is 3. The number of carbonyl (C=O) groups excluding carboxylic acids is 1. The summed E-state index contributed by atoms with van der Waals surface area (Å²) < 4.78 is 0.339. The zero-order valence-corrected chi connectivity index (χ0v) is 11.7. The van der Waals surface area contributed by atoms with Crippen LogP contribution in [0.3, 0.4) is 0 Å². The van der Waals surface area contributed by atoms with E-state index in [1.807, 2.05) is 4.90 Å². The van der Waals surface area contributed by atoms with E-state index >= 15 is 0 Å². The van der Waals surface area contributed by atoms with Gasteiger partial charge in [0.1, 0.15) is 0 Å². The smallest absolute Gasteiger partial charge is 0.284 e. The lowest BCUT2D eigenvalue weighted by Gasteiger charge is -2.40. The Morgan fingerprint density at radius 1 is 1.22 bits per heavy atom. The molecule has 1 aromatic rings. The van der Waals surface area contributed by atoms with E-state index in [4.69, 9.17) is 11.6 Å². The van der Waals surface area contributed by atoms with Crippen molar-refractivity contribution in [2.24, 2.45) is 11.8 Å². The predicted molar refractivity (Wildman–Crippen MR) is 70.9 cm³/mol. The molecule has 6 heteroatoms. The largest absolute Gasteiger partial charge is 0.336 e. The minimum Gasteiger partial charge on any atom is -0.336 e. The molecule has 0 N–H and O–H groups in total. The van der Waals surface area contributed by atoms with Gasteiger partial charge in [0, 0.05) is 13.1 Å². The lowest BCUT2D eigenvalue weighted by molar-refractivity contribution is 0.0520. The van der Waals surface area contributed by atoms with Crippen LogP contribution in [0.1, 0.15) is 41.9 Å². The van der Waals surface area contributed by atoms with Crippen LogP contribution in [0.2, 0.25) is 4.47 Å². The summed E-state index contributed by atoms with van der Waals surface area (Å²) in [7, 11) is 0. The highest BCUT2D eigenvalue weighted by molar-refractivity contribution is 7.17. The summed E-state index contributed by atoms with van der Waals surface area (Å²) in [5, 5.41) is 7.97. The first-order valence-electron chi connectivity index (χ1n) is 6.52. The number of piperidine rings is 1. The van der Waals surface area contributed by atoms with Crippen molar-refractivity contribution in [1.82, 2.24) is 15.1 Å². The summed E-state index contributed by atoms with van der Waals surface area (Å²) in [5.74, 6) is 1.53. The molecule has 1 aromatic heterocycles. The summed E-state index contributed by atoms with van der Waals surface area (Å²) in [4.78, 5) is 14.2. The number of hydrogen-bond acceptors (Lipinski definition) is 4. The molecule has 0 bridgehead atoms. The van der Waals surface area contributed by atoms with Crippen LogP contribution in [-0.2, 0) is 0 Å². The summed E-state index contributed by atoms with van der Waals surface area (Å²) in [6.45, 7) is 1.75. The first-order valence-corrected chi connectivity index (χ1v) is 7.72. The molecule has 2 atom stereocenters. The third kappa shape index (κ3) is 2.38. The van der Waals surface area contributed by atoms with Crippen LogP contribution < -0.4 is 0 Å². The fourth-order valence-electron chi connectivity index (χ4n) is 3.21. The highest BCUT2D eigenvalue weighted by Crippen LogP contribution is 2.36. The number of rotatable bonds is 1. The van der Waals surface area contributed by atoms with Crippen molar-refractivity contribution >= 4 is 28.8 Å². The average molecular weight is 286 g/mol. The number of fused-ring (bicyclic) bond motifs is 1. The Morgan fingerprint density at radius 2 is 2.00 bits per heavy atom. The van der Waals surface area contributed by atoms with E-state index in [0.29, 0.717) is 15.4 Å². The van der Waals surface area contributed by atoms with Crippen LogP contribution in [0.25, 0.3) is 0 Å². The highest BCUT2D eigenvalue weighted by Gasteiger charge is 2.34. The fourth-order valence-corrected chi connectivity index (χ4v) is 4.01. The molecule has 3 rings (SSSR count). The minimum absolute atomic E-state index is 0.00317. The van der Waals surface area contributed by atoms with Crippen LogP contribution in [-0.4, -0.2) is 34.1 Å². The van der Waals surface area contributed by atoms with Gasteiger partial charge in [-0.15, -0.1) is 10.2 Å². The second-order valence-electron chi connectivity index (χ2n) is 5.20. The van der Waals surface area contributed by atoms with Crippen molar-refractivity contribution in [2.75, 3.05) is 13.1 Å². The molecule has 1 saturated carbocycles. The first-order chi connectivity index (χ1) is 8.74. The maximum absolute atomic E-state index is 12.3. The van der Waals surface area contributed by atoms with Gasteiger partial charge >= 0.3 is 0 Å². The summed E-state index contributed by atoms with van der Waals surface area (Å²) in [6, 6.07) is 0. The Labute approximate surface area is 115 Å². The van der Waals surface area contributed by atoms with Gasteiger partial charge in [0.15, 0.2) is 0 Å². The van der Waals surface area contributed by atoms with Crippen molar-refractivity contribution in [2.45, 2.75) is 32.1 Å². The Bertz CT molecular complexity index is 450. The zero-order chi connectivity index (χ0) is 12.5. The highest BCUT2D eigenvalue weighted by atomic mass is 35.5. The standard InChI is InChI=1S/C12H16ClN3OS/c13-12-15-14-10(18-12)11(17)16-6-5-8-3-1-2-4-9(8)7-16/h8-9H,1-7H2. The molecule has 1 amide bonds. The molecule has 1 aliphatic heterocycles. The van der Waals surface area contributed by atoms with E-state index in [-0.39, 0.29) is 5.91 Å². The van der Waals surface area contributed by atoms with Crippen LogP contribution in [0.4, 0.5) is 0 Å². The molecule has 1 saturated heterocycles. The number of likely N-dealkylation sites (tertiary alicyclic amines) is 1. The van der Waals surface area contributed by atoms with E-state index in [1.165, 1.54) is 37.0 Å². The number of halogens is 1. The first kappa shape index (κ1) is 12.4. The number of hydrogen-bond donors (Lipinski definition) is 0. The zero-order valence-electron chi connectivity index (χ0n) is 10.1. The second-order valence-corrected chi connectivity index (χ2v) is 6.76. The maximum atomic E-state index is 12.3. The Balaban J connectivity index is 1.68. The minimum atomic E-state index is 0.00317. The molecule has 2 fully saturated rings.